The number of hydrogen-bond acceptors (Lipinski definition) is 3. The average Bonchev–Trinajstić information content (AvgIpc) is 2.82. The zero-order valence-electron chi connectivity index (χ0n) is 10.5. The molecule has 0 saturated carbocycles. The van der Waals surface area contributed by atoms with E-state index in [1.165, 1.54) is 0 Å². The van der Waals surface area contributed by atoms with Crippen LogP contribution < -0.4 is 10.6 Å². The molecule has 0 spiro atoms. The van der Waals surface area contributed by atoms with Crippen molar-refractivity contribution in [2.45, 2.75) is 25.5 Å². The van der Waals surface area contributed by atoms with Crippen molar-refractivity contribution in [1.29, 1.82) is 0 Å². The third kappa shape index (κ3) is 3.02. The summed E-state index contributed by atoms with van der Waals surface area (Å²) >= 11 is 6.02. The maximum absolute atomic E-state index is 12.0. The van der Waals surface area contributed by atoms with Crippen LogP contribution in [0.2, 0.25) is 5.02 Å². The van der Waals surface area contributed by atoms with E-state index in [9.17, 15) is 4.79 Å². The van der Waals surface area contributed by atoms with E-state index in [2.05, 4.69) is 10.6 Å². The van der Waals surface area contributed by atoms with E-state index in [1.807, 2.05) is 19.1 Å². The van der Waals surface area contributed by atoms with E-state index in [-0.39, 0.29) is 18.1 Å². The Morgan fingerprint density at radius 1 is 1.56 bits per heavy atom. The van der Waals surface area contributed by atoms with Crippen molar-refractivity contribution < 1.29 is 9.53 Å². The van der Waals surface area contributed by atoms with Gasteiger partial charge in [0.05, 0.1) is 12.1 Å². The van der Waals surface area contributed by atoms with Gasteiger partial charge in [-0.3, -0.25) is 4.79 Å². The topological polar surface area (TPSA) is 50.4 Å². The first-order chi connectivity index (χ1) is 8.60. The summed E-state index contributed by atoms with van der Waals surface area (Å²) in [6.07, 6.45) is 0.810. The molecular weight excluding hydrogens is 252 g/mol. The summed E-state index contributed by atoms with van der Waals surface area (Å²) in [5, 5.41) is 6.64. The minimum absolute atomic E-state index is 0.0468. The average molecular weight is 269 g/mol. The van der Waals surface area contributed by atoms with Gasteiger partial charge in [0, 0.05) is 24.4 Å². The van der Waals surface area contributed by atoms with Crippen LogP contribution in [-0.4, -0.2) is 31.7 Å². The van der Waals surface area contributed by atoms with Gasteiger partial charge >= 0.3 is 0 Å². The Kier molecular flexibility index (Phi) is 4.22. The lowest BCUT2D eigenvalue weighted by atomic mass is 10.1. The highest BCUT2D eigenvalue weighted by atomic mass is 35.5. The molecular formula is C13H17ClN2O2. The number of anilines is 1. The third-order valence-corrected chi connectivity index (χ3v) is 3.59. The minimum atomic E-state index is -0.199. The summed E-state index contributed by atoms with van der Waals surface area (Å²) in [7, 11) is 1.66. The Balaban J connectivity index is 1.97. The molecule has 1 aliphatic heterocycles. The normalized spacial score (nSPS) is 23.1. The molecule has 2 N–H and O–H groups in total. The van der Waals surface area contributed by atoms with Crippen LogP contribution in [0.1, 0.15) is 12.0 Å². The van der Waals surface area contributed by atoms with Crippen molar-refractivity contribution in [2.24, 2.45) is 0 Å². The van der Waals surface area contributed by atoms with Crippen LogP contribution in [0.15, 0.2) is 18.2 Å². The molecule has 2 rings (SSSR count). The lowest BCUT2D eigenvalue weighted by molar-refractivity contribution is -0.118. The Bertz CT molecular complexity index is 451. The Morgan fingerprint density at radius 3 is 2.94 bits per heavy atom. The Morgan fingerprint density at radius 2 is 2.33 bits per heavy atom. The quantitative estimate of drug-likeness (QED) is 0.881. The van der Waals surface area contributed by atoms with Gasteiger partial charge in [0.1, 0.15) is 0 Å². The Labute approximate surface area is 112 Å². The zero-order valence-corrected chi connectivity index (χ0v) is 11.3. The molecule has 1 amide bonds. The monoisotopic (exact) mass is 268 g/mol. The molecule has 1 heterocycles. The van der Waals surface area contributed by atoms with Gasteiger partial charge in [0.2, 0.25) is 5.91 Å². The second kappa shape index (κ2) is 5.69. The van der Waals surface area contributed by atoms with Crippen LogP contribution in [0.5, 0.6) is 0 Å². The van der Waals surface area contributed by atoms with Gasteiger partial charge in [-0.25, -0.2) is 0 Å². The molecule has 1 aromatic rings. The molecule has 1 aliphatic rings. The molecule has 0 bridgehead atoms. The number of carbonyl (C=O) groups is 1. The van der Waals surface area contributed by atoms with Crippen LogP contribution in [0, 0.1) is 6.92 Å². The number of rotatable bonds is 3. The summed E-state index contributed by atoms with van der Waals surface area (Å²) in [6, 6.07) is 5.30. The summed E-state index contributed by atoms with van der Waals surface area (Å²) in [5.74, 6) is -0.0468. The molecule has 0 radical (unpaired) electrons. The van der Waals surface area contributed by atoms with Crippen molar-refractivity contribution in [3.63, 3.8) is 0 Å². The van der Waals surface area contributed by atoms with Crippen molar-refractivity contribution in [3.8, 4) is 0 Å². The third-order valence-electron chi connectivity index (χ3n) is 3.18. The summed E-state index contributed by atoms with van der Waals surface area (Å²) in [6.45, 7) is 2.64. The van der Waals surface area contributed by atoms with E-state index < -0.39 is 0 Å². The summed E-state index contributed by atoms with van der Waals surface area (Å²) in [5.41, 5.74) is 1.71. The number of carbonyl (C=O) groups excluding carboxylic acids is 1. The van der Waals surface area contributed by atoms with Crippen LogP contribution in [-0.2, 0) is 9.53 Å². The molecule has 1 fully saturated rings. The molecule has 1 saturated heterocycles. The summed E-state index contributed by atoms with van der Waals surface area (Å²) < 4.78 is 5.21. The lowest BCUT2D eigenvalue weighted by Gasteiger charge is -2.12. The van der Waals surface area contributed by atoms with Crippen LogP contribution in [0.3, 0.4) is 0 Å². The van der Waals surface area contributed by atoms with Gasteiger partial charge in [0.25, 0.3) is 0 Å². The number of ether oxygens (including phenoxy) is 1. The molecule has 4 nitrogen and oxygen atoms in total. The first-order valence-corrected chi connectivity index (χ1v) is 6.31. The highest BCUT2D eigenvalue weighted by Crippen LogP contribution is 2.20. The first kappa shape index (κ1) is 13.3. The molecule has 98 valence electrons. The van der Waals surface area contributed by atoms with Gasteiger partial charge in [-0.2, -0.15) is 0 Å². The highest BCUT2D eigenvalue weighted by molar-refractivity contribution is 6.31. The highest BCUT2D eigenvalue weighted by Gasteiger charge is 2.29. The second-order valence-electron chi connectivity index (χ2n) is 4.51. The van der Waals surface area contributed by atoms with Gasteiger partial charge < -0.3 is 15.4 Å². The number of benzene rings is 1. The SMILES string of the molecule is COC1CNC(C(=O)Nc2ccc(C)c(Cl)c2)C1. The van der Waals surface area contributed by atoms with Crippen molar-refractivity contribution >= 4 is 23.2 Å². The van der Waals surface area contributed by atoms with Gasteiger partial charge in [-0.05, 0) is 31.0 Å². The van der Waals surface area contributed by atoms with Gasteiger partial charge in [-0.1, -0.05) is 17.7 Å². The molecule has 1 aromatic carbocycles. The maximum atomic E-state index is 12.0. The zero-order chi connectivity index (χ0) is 13.1. The van der Waals surface area contributed by atoms with Crippen LogP contribution >= 0.6 is 11.6 Å². The fraction of sp³-hybridized carbons (Fsp3) is 0.462. The van der Waals surface area contributed by atoms with Crippen LogP contribution in [0.25, 0.3) is 0 Å². The second-order valence-corrected chi connectivity index (χ2v) is 4.91. The largest absolute Gasteiger partial charge is 0.380 e. The molecule has 0 aromatic heterocycles. The molecule has 0 aliphatic carbocycles. The van der Waals surface area contributed by atoms with Gasteiger partial charge in [-0.15, -0.1) is 0 Å². The number of aryl methyl sites for hydroxylation is 1. The minimum Gasteiger partial charge on any atom is -0.380 e. The molecule has 18 heavy (non-hydrogen) atoms. The molecule has 5 heteroatoms. The molecule has 2 unspecified atom stereocenters. The number of amides is 1. The smallest absolute Gasteiger partial charge is 0.241 e. The predicted molar refractivity (Wildman–Crippen MR) is 72.0 cm³/mol. The molecule has 2 atom stereocenters. The van der Waals surface area contributed by atoms with E-state index in [4.69, 9.17) is 16.3 Å². The van der Waals surface area contributed by atoms with E-state index >= 15 is 0 Å². The van der Waals surface area contributed by atoms with E-state index in [0.717, 1.165) is 11.3 Å². The van der Waals surface area contributed by atoms with Crippen LogP contribution in [0.4, 0.5) is 5.69 Å². The maximum Gasteiger partial charge on any atom is 0.241 e. The van der Waals surface area contributed by atoms with E-state index in [1.54, 1.807) is 13.2 Å². The summed E-state index contributed by atoms with van der Waals surface area (Å²) in [4.78, 5) is 12.0. The number of halogens is 1. The lowest BCUT2D eigenvalue weighted by Crippen LogP contribution is -2.35. The van der Waals surface area contributed by atoms with Gasteiger partial charge in [0.15, 0.2) is 0 Å². The van der Waals surface area contributed by atoms with E-state index in [0.29, 0.717) is 18.0 Å². The van der Waals surface area contributed by atoms with Crippen molar-refractivity contribution in [1.82, 2.24) is 5.32 Å². The van der Waals surface area contributed by atoms with Crippen molar-refractivity contribution in [2.75, 3.05) is 19.0 Å². The number of nitrogens with one attached hydrogen (secondary N) is 2. The number of methoxy groups -OCH3 is 1. The first-order valence-electron chi connectivity index (χ1n) is 5.93. The number of hydrogen-bond donors (Lipinski definition) is 2. The Hall–Kier alpha value is -1.10. The predicted octanol–water partition coefficient (Wildman–Crippen LogP) is 1.96. The van der Waals surface area contributed by atoms with Crippen molar-refractivity contribution in [3.05, 3.63) is 28.8 Å². The fourth-order valence-corrected chi connectivity index (χ4v) is 2.16. The fourth-order valence-electron chi connectivity index (χ4n) is 1.98. The standard InChI is InChI=1S/C13H17ClN2O2/c1-8-3-4-9(5-11(8)14)16-13(17)12-6-10(18-2)7-15-12/h3-5,10,12,15H,6-7H2,1-2H3,(H,16,17).